The van der Waals surface area contributed by atoms with Crippen LogP contribution in [-0.4, -0.2) is 0 Å². The van der Waals surface area contributed by atoms with Gasteiger partial charge in [-0.15, -0.1) is 0 Å². The molecule has 122 valence electrons. The molecule has 0 atom stereocenters. The van der Waals surface area contributed by atoms with Gasteiger partial charge in [0.25, 0.3) is 0 Å². The Kier molecular flexibility index (Phi) is 4.99. The number of hydrogen-bond acceptors (Lipinski definition) is 2. The highest BCUT2D eigenvalue weighted by Gasteiger charge is 2.06. The van der Waals surface area contributed by atoms with Gasteiger partial charge < -0.3 is 0 Å². The monoisotopic (exact) mass is 366 g/mol. The molecule has 0 radical (unpaired) electrons. The van der Waals surface area contributed by atoms with Crippen LogP contribution in [0.2, 0.25) is 0 Å². The van der Waals surface area contributed by atoms with Gasteiger partial charge in [-0.2, -0.15) is 22.7 Å². The molecular weight excluding hydrogens is 352 g/mol. The number of hydrogen-bond donors (Lipinski definition) is 0. The van der Waals surface area contributed by atoms with Crippen molar-refractivity contribution in [1.29, 1.82) is 0 Å². The van der Waals surface area contributed by atoms with Crippen LogP contribution < -0.4 is 0 Å². The van der Waals surface area contributed by atoms with Crippen LogP contribution in [-0.2, 0) is 0 Å². The summed E-state index contributed by atoms with van der Waals surface area (Å²) in [5.41, 5.74) is 6.37. The van der Waals surface area contributed by atoms with Crippen LogP contribution in [0.15, 0.2) is 82.2 Å². The molecule has 0 N–H and O–H groups in total. The lowest BCUT2D eigenvalue weighted by Crippen LogP contribution is -1.88. The van der Waals surface area contributed by atoms with Gasteiger partial charge in [-0.05, 0) is 46.2 Å². The lowest BCUT2D eigenvalue weighted by atomic mass is 9.95. The van der Waals surface area contributed by atoms with E-state index in [0.717, 1.165) is 33.4 Å². The summed E-state index contributed by atoms with van der Waals surface area (Å²) in [5, 5.41) is 8.22. The SMILES string of the molecule is C(#Cc1ccccc1-c1ccccc1C#Cc1ccsc1)c1ccsc1. The lowest BCUT2D eigenvalue weighted by molar-refractivity contribution is 1.55. The Morgan fingerprint density at radius 1 is 0.500 bits per heavy atom. The Bertz CT molecular complexity index is 1030. The zero-order chi connectivity index (χ0) is 17.6. The summed E-state index contributed by atoms with van der Waals surface area (Å²) in [6, 6.07) is 20.6. The van der Waals surface area contributed by atoms with Gasteiger partial charge in [0.15, 0.2) is 0 Å². The molecule has 0 aliphatic heterocycles. The van der Waals surface area contributed by atoms with E-state index in [1.165, 1.54) is 0 Å². The Balaban J connectivity index is 1.77. The summed E-state index contributed by atoms with van der Waals surface area (Å²) in [4.78, 5) is 0. The second-order valence-electron chi connectivity index (χ2n) is 5.62. The van der Waals surface area contributed by atoms with Crippen LogP contribution in [0.25, 0.3) is 11.1 Å². The number of thiophene rings is 2. The van der Waals surface area contributed by atoms with Crippen LogP contribution in [0, 0.1) is 23.7 Å². The first kappa shape index (κ1) is 16.4. The largest absolute Gasteiger partial charge is 0.151 e. The molecule has 0 amide bonds. The highest BCUT2D eigenvalue weighted by molar-refractivity contribution is 7.08. The predicted molar refractivity (Wildman–Crippen MR) is 112 cm³/mol. The normalized spacial score (nSPS) is 9.69. The van der Waals surface area contributed by atoms with Gasteiger partial charge in [0.1, 0.15) is 0 Å². The highest BCUT2D eigenvalue weighted by Crippen LogP contribution is 2.26. The van der Waals surface area contributed by atoms with Crippen LogP contribution in [0.1, 0.15) is 22.3 Å². The van der Waals surface area contributed by atoms with Crippen molar-refractivity contribution in [2.45, 2.75) is 0 Å². The Morgan fingerprint density at radius 3 is 1.38 bits per heavy atom. The molecular formula is C24H14S2. The predicted octanol–water partition coefficient (Wildman–Crippen LogP) is 6.28. The summed E-state index contributed by atoms with van der Waals surface area (Å²) in [5.74, 6) is 13.1. The second kappa shape index (κ2) is 7.89. The van der Waals surface area contributed by atoms with Crippen LogP contribution >= 0.6 is 22.7 Å². The summed E-state index contributed by atoms with van der Waals surface area (Å²) >= 11 is 3.33. The van der Waals surface area contributed by atoms with E-state index in [-0.39, 0.29) is 0 Å². The maximum Gasteiger partial charge on any atom is 0.0356 e. The van der Waals surface area contributed by atoms with Crippen LogP contribution in [0.4, 0.5) is 0 Å². The van der Waals surface area contributed by atoms with Gasteiger partial charge in [0.05, 0.1) is 0 Å². The van der Waals surface area contributed by atoms with Crippen molar-refractivity contribution >= 4 is 22.7 Å². The third-order valence-corrected chi connectivity index (χ3v) is 5.24. The molecule has 2 heteroatoms. The molecule has 0 aliphatic rings. The minimum atomic E-state index is 1.02. The van der Waals surface area contributed by atoms with Crippen molar-refractivity contribution in [3.63, 3.8) is 0 Å². The molecule has 0 spiro atoms. The van der Waals surface area contributed by atoms with Crippen molar-refractivity contribution in [3.8, 4) is 34.8 Å². The number of benzene rings is 2. The molecule has 0 bridgehead atoms. The Labute approximate surface area is 161 Å². The molecule has 0 fully saturated rings. The van der Waals surface area contributed by atoms with Crippen molar-refractivity contribution in [2.75, 3.05) is 0 Å². The van der Waals surface area contributed by atoms with Gasteiger partial charge in [0.2, 0.25) is 0 Å². The van der Waals surface area contributed by atoms with E-state index in [0.29, 0.717) is 0 Å². The lowest BCUT2D eigenvalue weighted by Gasteiger charge is -2.07. The summed E-state index contributed by atoms with van der Waals surface area (Å²) in [6.07, 6.45) is 0. The molecule has 0 nitrogen and oxygen atoms in total. The molecule has 26 heavy (non-hydrogen) atoms. The average Bonchev–Trinajstić information content (AvgIpc) is 3.39. The van der Waals surface area contributed by atoms with E-state index in [1.54, 1.807) is 22.7 Å². The molecule has 2 heterocycles. The topological polar surface area (TPSA) is 0 Å². The third-order valence-electron chi connectivity index (χ3n) is 3.87. The minimum absolute atomic E-state index is 1.02. The average molecular weight is 367 g/mol. The maximum atomic E-state index is 3.32. The van der Waals surface area contributed by atoms with Crippen molar-refractivity contribution < 1.29 is 0 Å². The van der Waals surface area contributed by atoms with E-state index >= 15 is 0 Å². The van der Waals surface area contributed by atoms with Gasteiger partial charge in [0, 0.05) is 33.0 Å². The van der Waals surface area contributed by atoms with E-state index in [2.05, 4.69) is 58.7 Å². The van der Waals surface area contributed by atoms with Gasteiger partial charge in [-0.25, -0.2) is 0 Å². The fourth-order valence-electron chi connectivity index (χ4n) is 2.60. The molecule has 0 unspecified atom stereocenters. The molecule has 0 saturated heterocycles. The van der Waals surface area contributed by atoms with Gasteiger partial charge in [-0.3, -0.25) is 0 Å². The van der Waals surface area contributed by atoms with Crippen LogP contribution in [0.5, 0.6) is 0 Å². The highest BCUT2D eigenvalue weighted by atomic mass is 32.1. The second-order valence-corrected chi connectivity index (χ2v) is 7.18. The zero-order valence-electron chi connectivity index (χ0n) is 13.9. The summed E-state index contributed by atoms with van der Waals surface area (Å²) < 4.78 is 0. The first-order valence-corrected chi connectivity index (χ1v) is 10.1. The van der Waals surface area contributed by atoms with Crippen molar-refractivity contribution in [3.05, 3.63) is 104 Å². The van der Waals surface area contributed by atoms with Crippen molar-refractivity contribution in [2.24, 2.45) is 0 Å². The fourth-order valence-corrected chi connectivity index (χ4v) is 3.78. The smallest absolute Gasteiger partial charge is 0.0356 e. The minimum Gasteiger partial charge on any atom is -0.151 e. The molecule has 0 saturated carbocycles. The Hall–Kier alpha value is -3.04. The summed E-state index contributed by atoms with van der Waals surface area (Å²) in [6.45, 7) is 0. The quantitative estimate of drug-likeness (QED) is 0.348. The van der Waals surface area contributed by atoms with E-state index in [4.69, 9.17) is 0 Å². The van der Waals surface area contributed by atoms with Gasteiger partial charge in [-0.1, -0.05) is 60.1 Å². The fraction of sp³-hybridized carbons (Fsp3) is 0. The molecule has 0 aliphatic carbocycles. The number of rotatable bonds is 1. The molecule has 2 aromatic carbocycles. The molecule has 4 rings (SSSR count). The van der Waals surface area contributed by atoms with E-state index < -0.39 is 0 Å². The Morgan fingerprint density at radius 2 is 0.962 bits per heavy atom. The first-order valence-electron chi connectivity index (χ1n) is 8.17. The molecule has 2 aromatic heterocycles. The van der Waals surface area contributed by atoms with Gasteiger partial charge >= 0.3 is 0 Å². The molecule has 4 aromatic rings. The van der Waals surface area contributed by atoms with Crippen LogP contribution in [0.3, 0.4) is 0 Å². The van der Waals surface area contributed by atoms with Crippen molar-refractivity contribution in [1.82, 2.24) is 0 Å². The zero-order valence-corrected chi connectivity index (χ0v) is 15.5. The maximum absolute atomic E-state index is 3.32. The first-order chi connectivity index (χ1) is 12.9. The van der Waals surface area contributed by atoms with E-state index in [9.17, 15) is 0 Å². The summed E-state index contributed by atoms with van der Waals surface area (Å²) in [7, 11) is 0. The third kappa shape index (κ3) is 3.79. The van der Waals surface area contributed by atoms with E-state index in [1.807, 2.05) is 47.2 Å². The standard InChI is InChI=1S/C24H14S2/c1-3-7-23(21(5-1)11-9-19-13-15-25-17-19)24-8-4-2-6-22(24)12-10-20-14-16-26-18-20/h1-8,13-18H.